The molecule has 3 atom stereocenters. The van der Waals surface area contributed by atoms with Crippen LogP contribution in [0.4, 0.5) is 11.4 Å². The van der Waals surface area contributed by atoms with Gasteiger partial charge in [-0.05, 0) is 50.0 Å². The highest BCUT2D eigenvalue weighted by molar-refractivity contribution is 7.98. The molecular weight excluding hydrogens is 426 g/mol. The lowest BCUT2D eigenvalue weighted by Gasteiger charge is -2.29. The summed E-state index contributed by atoms with van der Waals surface area (Å²) in [4.78, 5) is 27.0. The first kappa shape index (κ1) is 22.5. The van der Waals surface area contributed by atoms with Crippen molar-refractivity contribution in [2.75, 3.05) is 36.9 Å². The van der Waals surface area contributed by atoms with Gasteiger partial charge in [0.2, 0.25) is 11.8 Å². The maximum Gasteiger partial charge on any atom is 0.250 e. The molecule has 7 nitrogen and oxygen atoms in total. The van der Waals surface area contributed by atoms with Crippen LogP contribution in [0.15, 0.2) is 36.4 Å². The molecule has 0 aliphatic carbocycles. The predicted molar refractivity (Wildman–Crippen MR) is 128 cm³/mol. The molecule has 4 rings (SSSR count). The normalized spacial score (nSPS) is 23.7. The van der Waals surface area contributed by atoms with Gasteiger partial charge in [0, 0.05) is 23.4 Å². The van der Waals surface area contributed by atoms with E-state index in [0.29, 0.717) is 23.6 Å². The predicted octanol–water partition coefficient (Wildman–Crippen LogP) is 3.53. The van der Waals surface area contributed by atoms with E-state index in [1.54, 1.807) is 44.2 Å². The molecule has 3 N–H and O–H groups in total. The molecule has 170 valence electrons. The summed E-state index contributed by atoms with van der Waals surface area (Å²) in [6.07, 6.45) is 3.51. The van der Waals surface area contributed by atoms with E-state index in [1.807, 2.05) is 25.1 Å². The third kappa shape index (κ3) is 3.82. The molecule has 0 radical (unpaired) electrons. The number of ether oxygens (including phenoxy) is 2. The summed E-state index contributed by atoms with van der Waals surface area (Å²) in [5.41, 5.74) is 2.06. The molecule has 0 saturated carbocycles. The van der Waals surface area contributed by atoms with Gasteiger partial charge in [-0.15, -0.1) is 0 Å². The lowest BCUT2D eigenvalue weighted by Crippen LogP contribution is -2.52. The fraction of sp³-hybridized carbons (Fsp3) is 0.417. The Morgan fingerprint density at radius 2 is 2.03 bits per heavy atom. The Morgan fingerprint density at radius 3 is 2.75 bits per heavy atom. The van der Waals surface area contributed by atoms with Crippen LogP contribution in [0.1, 0.15) is 24.0 Å². The van der Waals surface area contributed by atoms with E-state index >= 15 is 0 Å². The zero-order valence-corrected chi connectivity index (χ0v) is 19.6. The van der Waals surface area contributed by atoms with E-state index in [4.69, 9.17) is 9.47 Å². The van der Waals surface area contributed by atoms with Crippen LogP contribution in [0.3, 0.4) is 0 Å². The van der Waals surface area contributed by atoms with Crippen molar-refractivity contribution in [1.82, 2.24) is 5.32 Å². The minimum Gasteiger partial charge on any atom is -0.497 e. The number of aryl methyl sites for hydroxylation is 1. The quantitative estimate of drug-likeness (QED) is 0.592. The van der Waals surface area contributed by atoms with E-state index in [2.05, 4.69) is 22.2 Å². The van der Waals surface area contributed by atoms with Gasteiger partial charge in [0.05, 0.1) is 25.8 Å². The van der Waals surface area contributed by atoms with Crippen molar-refractivity contribution < 1.29 is 19.1 Å². The van der Waals surface area contributed by atoms with Crippen molar-refractivity contribution in [1.29, 1.82) is 0 Å². The van der Waals surface area contributed by atoms with Crippen molar-refractivity contribution in [2.45, 2.75) is 31.3 Å². The highest BCUT2D eigenvalue weighted by Gasteiger charge is 2.60. The molecule has 3 unspecified atom stereocenters. The van der Waals surface area contributed by atoms with Crippen molar-refractivity contribution in [3.05, 3.63) is 47.5 Å². The topological polar surface area (TPSA) is 88.7 Å². The van der Waals surface area contributed by atoms with E-state index in [9.17, 15) is 9.59 Å². The van der Waals surface area contributed by atoms with Crippen LogP contribution >= 0.6 is 11.8 Å². The summed E-state index contributed by atoms with van der Waals surface area (Å²) in [6, 6.07) is 11.2. The number of methoxy groups -OCH3 is 2. The van der Waals surface area contributed by atoms with Crippen LogP contribution in [0.25, 0.3) is 0 Å². The van der Waals surface area contributed by atoms with E-state index < -0.39 is 11.5 Å². The van der Waals surface area contributed by atoms with Gasteiger partial charge in [0.15, 0.2) is 0 Å². The Labute approximate surface area is 192 Å². The van der Waals surface area contributed by atoms with Crippen molar-refractivity contribution in [2.24, 2.45) is 5.92 Å². The molecule has 0 bridgehead atoms. The fourth-order valence-corrected chi connectivity index (χ4v) is 5.27. The van der Waals surface area contributed by atoms with Crippen LogP contribution in [0.2, 0.25) is 0 Å². The molecule has 2 amide bonds. The third-order valence-electron chi connectivity index (χ3n) is 6.33. The van der Waals surface area contributed by atoms with Gasteiger partial charge in [0.1, 0.15) is 17.0 Å². The molecule has 2 aliphatic heterocycles. The summed E-state index contributed by atoms with van der Waals surface area (Å²) in [6.45, 7) is 1.99. The van der Waals surface area contributed by atoms with E-state index in [1.165, 1.54) is 0 Å². The smallest absolute Gasteiger partial charge is 0.250 e. The SMILES string of the molecule is COc1ccc(OC)c(NC(=O)C2CC(CCSC)NC23C(=O)Nc2ccc(C)cc23)c1. The highest BCUT2D eigenvalue weighted by atomic mass is 32.2. The molecule has 1 saturated heterocycles. The van der Waals surface area contributed by atoms with Crippen molar-refractivity contribution >= 4 is 35.0 Å². The summed E-state index contributed by atoms with van der Waals surface area (Å²) in [5.74, 6) is 1.12. The van der Waals surface area contributed by atoms with Gasteiger partial charge >= 0.3 is 0 Å². The average molecular weight is 456 g/mol. The molecule has 1 fully saturated rings. The molecule has 2 heterocycles. The van der Waals surface area contributed by atoms with Crippen LogP contribution in [0.5, 0.6) is 11.5 Å². The maximum absolute atomic E-state index is 13.7. The Balaban J connectivity index is 1.72. The number of anilines is 2. The number of rotatable bonds is 7. The molecule has 32 heavy (non-hydrogen) atoms. The minimum absolute atomic E-state index is 0.0580. The summed E-state index contributed by atoms with van der Waals surface area (Å²) in [7, 11) is 3.12. The summed E-state index contributed by atoms with van der Waals surface area (Å²) in [5, 5.41) is 9.56. The number of carbonyl (C=O) groups is 2. The standard InChI is InChI=1S/C24H29N3O4S/c1-14-5-7-19-17(11-14)24(23(29)26-19)18(12-15(27-24)9-10-32-4)22(28)25-20-13-16(30-2)6-8-21(20)31-3/h5-8,11,13,15,18,27H,9-10,12H2,1-4H3,(H,25,28)(H,26,29). The summed E-state index contributed by atoms with van der Waals surface area (Å²) < 4.78 is 10.7. The molecular formula is C24H29N3O4S. The zero-order chi connectivity index (χ0) is 22.9. The molecule has 8 heteroatoms. The Kier molecular flexibility index (Phi) is 6.35. The summed E-state index contributed by atoms with van der Waals surface area (Å²) >= 11 is 1.76. The van der Waals surface area contributed by atoms with Gasteiger partial charge in [-0.2, -0.15) is 11.8 Å². The van der Waals surface area contributed by atoms with Gasteiger partial charge < -0.3 is 20.1 Å². The Bertz CT molecular complexity index is 1040. The second-order valence-corrected chi connectivity index (χ2v) is 9.26. The molecule has 1 spiro atoms. The lowest BCUT2D eigenvalue weighted by atomic mass is 9.79. The molecule has 2 aromatic rings. The first-order valence-corrected chi connectivity index (χ1v) is 12.0. The Morgan fingerprint density at radius 1 is 1.22 bits per heavy atom. The molecule has 2 aromatic carbocycles. The second-order valence-electron chi connectivity index (χ2n) is 8.28. The minimum atomic E-state index is -1.10. The zero-order valence-electron chi connectivity index (χ0n) is 18.8. The van der Waals surface area contributed by atoms with Crippen LogP contribution in [-0.4, -0.2) is 44.1 Å². The first-order chi connectivity index (χ1) is 15.4. The first-order valence-electron chi connectivity index (χ1n) is 10.6. The van der Waals surface area contributed by atoms with Crippen LogP contribution < -0.4 is 25.4 Å². The number of fused-ring (bicyclic) bond motifs is 2. The second kappa shape index (κ2) is 9.03. The molecule has 0 aromatic heterocycles. The third-order valence-corrected chi connectivity index (χ3v) is 6.98. The van der Waals surface area contributed by atoms with Gasteiger partial charge in [-0.25, -0.2) is 0 Å². The molecule has 2 aliphatic rings. The lowest BCUT2D eigenvalue weighted by molar-refractivity contribution is -0.130. The van der Waals surface area contributed by atoms with Crippen LogP contribution in [-0.2, 0) is 15.1 Å². The number of carbonyl (C=O) groups excluding carboxylic acids is 2. The average Bonchev–Trinajstić information content (AvgIpc) is 3.31. The van der Waals surface area contributed by atoms with Gasteiger partial charge in [-0.1, -0.05) is 17.7 Å². The number of benzene rings is 2. The van der Waals surface area contributed by atoms with E-state index in [0.717, 1.165) is 29.0 Å². The van der Waals surface area contributed by atoms with Gasteiger partial charge in [0.25, 0.3) is 0 Å². The van der Waals surface area contributed by atoms with Crippen molar-refractivity contribution in [3.8, 4) is 11.5 Å². The monoisotopic (exact) mass is 455 g/mol. The fourth-order valence-electron chi connectivity index (χ4n) is 4.75. The number of thioether (sulfide) groups is 1. The van der Waals surface area contributed by atoms with E-state index in [-0.39, 0.29) is 17.9 Å². The maximum atomic E-state index is 13.7. The number of nitrogens with one attached hydrogen (secondary N) is 3. The largest absolute Gasteiger partial charge is 0.497 e. The highest BCUT2D eigenvalue weighted by Crippen LogP contribution is 2.48. The van der Waals surface area contributed by atoms with Crippen LogP contribution in [0, 0.1) is 12.8 Å². The van der Waals surface area contributed by atoms with Crippen molar-refractivity contribution in [3.63, 3.8) is 0 Å². The number of amides is 2. The number of hydrogen-bond donors (Lipinski definition) is 3. The Hall–Kier alpha value is -2.71. The van der Waals surface area contributed by atoms with Gasteiger partial charge in [-0.3, -0.25) is 14.9 Å². The number of hydrogen-bond acceptors (Lipinski definition) is 6.